The van der Waals surface area contributed by atoms with Gasteiger partial charge in [-0.05, 0) is 121 Å². The molecule has 3 heteroatoms. The number of furan rings is 2. The van der Waals surface area contributed by atoms with E-state index in [-0.39, 0.29) is 10.8 Å². The van der Waals surface area contributed by atoms with Crippen LogP contribution in [0.25, 0.3) is 88.4 Å². The Morgan fingerprint density at radius 1 is 0.333 bits per heavy atom. The lowest BCUT2D eigenvalue weighted by Gasteiger charge is -2.27. The maximum atomic E-state index is 6.84. The molecule has 0 unspecified atom stereocenters. The molecule has 0 N–H and O–H groups in total. The fraction of sp³-hybridized carbons (Fsp3) is 0.100. The van der Waals surface area contributed by atoms with Crippen molar-refractivity contribution in [3.05, 3.63) is 210 Å². The van der Waals surface area contributed by atoms with Gasteiger partial charge in [0.05, 0.1) is 11.4 Å². The normalized spacial score (nSPS) is 14.3. The lowest BCUT2D eigenvalue weighted by Crippen LogP contribution is -2.15. The third-order valence-corrected chi connectivity index (χ3v) is 14.3. The fourth-order valence-electron chi connectivity index (χ4n) is 11.1. The minimum atomic E-state index is -0.136. The van der Waals surface area contributed by atoms with Crippen LogP contribution in [-0.4, -0.2) is 0 Å². The summed E-state index contributed by atoms with van der Waals surface area (Å²) < 4.78 is 13.7. The summed E-state index contributed by atoms with van der Waals surface area (Å²) in [6.07, 6.45) is 0. The average Bonchev–Trinajstić information content (AvgIpc) is 4.02. The van der Waals surface area contributed by atoms with Gasteiger partial charge in [0.2, 0.25) is 0 Å². The van der Waals surface area contributed by atoms with Gasteiger partial charge in [0, 0.05) is 38.1 Å². The molecule has 0 radical (unpaired) electrons. The summed E-state index contributed by atoms with van der Waals surface area (Å²) >= 11 is 0. The van der Waals surface area contributed by atoms with E-state index in [1.807, 2.05) is 12.1 Å². The van der Waals surface area contributed by atoms with Crippen molar-refractivity contribution in [2.45, 2.75) is 38.5 Å². The largest absolute Gasteiger partial charge is 0.454 e. The van der Waals surface area contributed by atoms with Crippen LogP contribution >= 0.6 is 0 Å². The Hall–Kier alpha value is -7.62. The van der Waals surface area contributed by atoms with Gasteiger partial charge in [0.25, 0.3) is 0 Å². The minimum absolute atomic E-state index is 0.136. The fourth-order valence-corrected chi connectivity index (χ4v) is 11.1. The van der Waals surface area contributed by atoms with Crippen molar-refractivity contribution in [1.29, 1.82) is 0 Å². The van der Waals surface area contributed by atoms with Crippen LogP contribution in [0.15, 0.2) is 197 Å². The number of anilines is 3. The monoisotopic (exact) mass is 809 g/mol. The molecular formula is C60H43NO2. The predicted molar refractivity (Wildman–Crippen MR) is 262 cm³/mol. The average molecular weight is 810 g/mol. The summed E-state index contributed by atoms with van der Waals surface area (Å²) in [5.74, 6) is 0. The molecule has 2 aliphatic rings. The van der Waals surface area contributed by atoms with E-state index < -0.39 is 0 Å². The Bertz CT molecular complexity index is 3470. The van der Waals surface area contributed by atoms with E-state index in [4.69, 9.17) is 8.83 Å². The highest BCUT2D eigenvalue weighted by Gasteiger charge is 2.37. The highest BCUT2D eigenvalue weighted by molar-refractivity contribution is 6.14. The molecule has 0 saturated heterocycles. The molecule has 0 bridgehead atoms. The third kappa shape index (κ3) is 5.14. The van der Waals surface area contributed by atoms with Crippen molar-refractivity contribution >= 4 is 60.9 Å². The molecule has 63 heavy (non-hydrogen) atoms. The molecule has 9 aromatic carbocycles. The molecule has 0 aliphatic heterocycles. The lowest BCUT2D eigenvalue weighted by atomic mass is 9.81. The molecule has 0 spiro atoms. The predicted octanol–water partition coefficient (Wildman–Crippen LogP) is 16.9. The summed E-state index contributed by atoms with van der Waals surface area (Å²) in [4.78, 5) is 2.36. The van der Waals surface area contributed by atoms with Gasteiger partial charge in [-0.1, -0.05) is 161 Å². The molecule has 0 fully saturated rings. The maximum Gasteiger partial charge on any atom is 0.159 e. The molecule has 2 aromatic heterocycles. The summed E-state index contributed by atoms with van der Waals surface area (Å²) in [6.45, 7) is 9.43. The van der Waals surface area contributed by atoms with E-state index in [1.54, 1.807) is 0 Å². The molecular weight excluding hydrogens is 767 g/mol. The van der Waals surface area contributed by atoms with Crippen LogP contribution in [0.2, 0.25) is 0 Å². The highest BCUT2D eigenvalue weighted by Crippen LogP contribution is 2.53. The van der Waals surface area contributed by atoms with Crippen LogP contribution in [0.4, 0.5) is 17.1 Å². The zero-order chi connectivity index (χ0) is 42.2. The standard InChI is InChI=1S/C60H43NO2/c1-59(2)49-21-9-5-15-41(49)43-29-27-36(34-51(43)59)38-31-39(37-28-30-44-42-16-6-10-22-50(42)60(3,4)52(44)35-37)33-40(32-38)61(53-23-13-19-47-45-17-7-11-25-55(45)62-57(47)53)54-24-14-20-48-46-18-8-12-26-56(46)63-58(48)54/h5-35H,1-4H3. The number of rotatable bonds is 5. The van der Waals surface area contributed by atoms with E-state index in [1.165, 1.54) is 55.6 Å². The molecule has 0 saturated carbocycles. The number of hydrogen-bond donors (Lipinski definition) is 0. The number of fused-ring (bicyclic) bond motifs is 12. The van der Waals surface area contributed by atoms with Crippen molar-refractivity contribution in [1.82, 2.24) is 0 Å². The van der Waals surface area contributed by atoms with Gasteiger partial charge in [-0.25, -0.2) is 0 Å². The molecule has 300 valence electrons. The van der Waals surface area contributed by atoms with E-state index in [0.29, 0.717) is 0 Å². The van der Waals surface area contributed by atoms with Gasteiger partial charge in [-0.3, -0.25) is 0 Å². The maximum absolute atomic E-state index is 6.84. The summed E-state index contributed by atoms with van der Waals surface area (Å²) in [5, 5.41) is 4.33. The zero-order valence-corrected chi connectivity index (χ0v) is 35.7. The van der Waals surface area contributed by atoms with E-state index >= 15 is 0 Å². The smallest absolute Gasteiger partial charge is 0.159 e. The summed E-state index contributed by atoms with van der Waals surface area (Å²) in [7, 11) is 0. The van der Waals surface area contributed by atoms with E-state index in [9.17, 15) is 0 Å². The quantitative estimate of drug-likeness (QED) is 0.173. The van der Waals surface area contributed by atoms with Crippen LogP contribution < -0.4 is 4.90 Å². The number of para-hydroxylation sites is 4. The Morgan fingerprint density at radius 2 is 0.746 bits per heavy atom. The second-order valence-corrected chi connectivity index (χ2v) is 18.5. The van der Waals surface area contributed by atoms with Crippen LogP contribution in [-0.2, 0) is 10.8 Å². The number of nitrogens with zero attached hydrogens (tertiary/aromatic N) is 1. The zero-order valence-electron chi connectivity index (χ0n) is 35.7. The second kappa shape index (κ2) is 13.0. The topological polar surface area (TPSA) is 29.5 Å². The Balaban J connectivity index is 1.10. The van der Waals surface area contributed by atoms with Crippen molar-refractivity contribution in [3.63, 3.8) is 0 Å². The SMILES string of the molecule is CC1(C)c2ccccc2-c2ccc(-c3cc(-c4ccc5c(c4)C(C)(C)c4ccccc4-5)cc(N(c4cccc5c4oc4ccccc45)c4cccc5c4oc4ccccc45)c3)cc21. The molecule has 0 amide bonds. The minimum Gasteiger partial charge on any atom is -0.454 e. The first-order valence-electron chi connectivity index (χ1n) is 22.0. The Kier molecular flexibility index (Phi) is 7.42. The van der Waals surface area contributed by atoms with E-state index in [0.717, 1.165) is 72.1 Å². The van der Waals surface area contributed by atoms with Gasteiger partial charge in [0.15, 0.2) is 11.2 Å². The van der Waals surface area contributed by atoms with Crippen LogP contribution in [0.5, 0.6) is 0 Å². The lowest BCUT2D eigenvalue weighted by molar-refractivity contribution is 0.660. The van der Waals surface area contributed by atoms with Gasteiger partial charge in [0.1, 0.15) is 11.2 Å². The van der Waals surface area contributed by atoms with Crippen LogP contribution in [0.3, 0.4) is 0 Å². The van der Waals surface area contributed by atoms with Crippen molar-refractivity contribution in [2.24, 2.45) is 0 Å². The third-order valence-electron chi connectivity index (χ3n) is 14.3. The molecule has 13 rings (SSSR count). The van der Waals surface area contributed by atoms with Crippen LogP contribution in [0.1, 0.15) is 49.9 Å². The van der Waals surface area contributed by atoms with Crippen molar-refractivity contribution < 1.29 is 8.83 Å². The summed E-state index contributed by atoms with van der Waals surface area (Å²) in [5.41, 5.74) is 21.3. The first-order chi connectivity index (χ1) is 30.7. The number of hydrogen-bond acceptors (Lipinski definition) is 3. The molecule has 0 atom stereocenters. The Morgan fingerprint density at radius 3 is 1.24 bits per heavy atom. The van der Waals surface area contributed by atoms with Gasteiger partial charge in [-0.2, -0.15) is 0 Å². The number of benzene rings is 9. The van der Waals surface area contributed by atoms with Crippen molar-refractivity contribution in [2.75, 3.05) is 4.90 Å². The van der Waals surface area contributed by atoms with Crippen molar-refractivity contribution in [3.8, 4) is 44.5 Å². The summed E-state index contributed by atoms with van der Waals surface area (Å²) in [6, 6.07) is 68.7. The second-order valence-electron chi connectivity index (χ2n) is 18.5. The molecule has 2 heterocycles. The molecule has 3 nitrogen and oxygen atoms in total. The van der Waals surface area contributed by atoms with Crippen LogP contribution in [0, 0.1) is 0 Å². The van der Waals surface area contributed by atoms with E-state index in [2.05, 4.69) is 209 Å². The molecule has 2 aliphatic carbocycles. The first kappa shape index (κ1) is 36.1. The van der Waals surface area contributed by atoms with Gasteiger partial charge >= 0.3 is 0 Å². The highest BCUT2D eigenvalue weighted by atomic mass is 16.3. The first-order valence-corrected chi connectivity index (χ1v) is 22.0. The Labute approximate surface area is 366 Å². The van der Waals surface area contributed by atoms with Gasteiger partial charge < -0.3 is 13.7 Å². The van der Waals surface area contributed by atoms with Gasteiger partial charge in [-0.15, -0.1) is 0 Å². The molecule has 11 aromatic rings.